The summed E-state index contributed by atoms with van der Waals surface area (Å²) in [6, 6.07) is 6.70. The Balaban J connectivity index is 2.11. The highest BCUT2D eigenvalue weighted by Gasteiger charge is 2.35. The summed E-state index contributed by atoms with van der Waals surface area (Å²) in [7, 11) is 2.94. The number of aromatic nitrogens is 3. The van der Waals surface area contributed by atoms with Crippen LogP contribution >= 0.6 is 0 Å². The molecule has 0 spiro atoms. The number of nitrogens with one attached hydrogen (secondary N) is 4. The summed E-state index contributed by atoms with van der Waals surface area (Å²) in [5, 5.41) is 12.2. The quantitative estimate of drug-likeness (QED) is 0.324. The van der Waals surface area contributed by atoms with E-state index >= 15 is 0 Å². The molecule has 3 aromatic rings. The van der Waals surface area contributed by atoms with Crippen molar-refractivity contribution >= 4 is 17.5 Å². The van der Waals surface area contributed by atoms with Gasteiger partial charge in [-0.15, -0.1) is 0 Å². The van der Waals surface area contributed by atoms with E-state index in [1.807, 2.05) is 0 Å². The van der Waals surface area contributed by atoms with E-state index in [0.717, 1.165) is 0 Å². The molecule has 1 atom stereocenters. The molecule has 0 radical (unpaired) electrons. The number of ether oxygens (including phenoxy) is 2. The highest BCUT2D eigenvalue weighted by molar-refractivity contribution is 5.73. The maximum atomic E-state index is 13.1. The van der Waals surface area contributed by atoms with Crippen LogP contribution in [0.4, 0.5) is 17.5 Å². The van der Waals surface area contributed by atoms with E-state index in [-0.39, 0.29) is 34.1 Å². The molecular formula is C19H16N6O5. The molecule has 152 valence electrons. The van der Waals surface area contributed by atoms with Crippen LogP contribution in [0, 0.1) is 11.3 Å². The average Bonchev–Trinajstić information content (AvgIpc) is 2.71. The van der Waals surface area contributed by atoms with Crippen molar-refractivity contribution < 1.29 is 9.47 Å². The van der Waals surface area contributed by atoms with Gasteiger partial charge in [-0.25, -0.2) is 4.79 Å². The molecule has 2 aromatic heterocycles. The lowest BCUT2D eigenvalue weighted by atomic mass is 9.83. The number of fused-ring (bicyclic) bond motifs is 2. The first-order valence-corrected chi connectivity index (χ1v) is 8.70. The first-order chi connectivity index (χ1) is 14.4. The molecule has 0 bridgehead atoms. The standard InChI is InChI=1S/C19H16N6O5/c1-29-9-4-3-7(5-10(9)30-2)11-12-14(26)8(6-20)15(21)22-16(12)23-17-13(11)18(27)25-19(28)24-17/h3-5,11H,1-2H3,(H6,21,22,23,24,25,26,27,28). The number of nitrogens with zero attached hydrogens (tertiary/aromatic N) is 1. The smallest absolute Gasteiger partial charge is 0.327 e. The summed E-state index contributed by atoms with van der Waals surface area (Å²) in [6.45, 7) is 0. The van der Waals surface area contributed by atoms with Gasteiger partial charge < -0.3 is 25.5 Å². The monoisotopic (exact) mass is 408 g/mol. The summed E-state index contributed by atoms with van der Waals surface area (Å²) in [5.41, 5.74) is 4.23. The first kappa shape index (κ1) is 18.9. The van der Waals surface area contributed by atoms with Gasteiger partial charge in [0.05, 0.1) is 31.3 Å². The number of benzene rings is 1. The summed E-state index contributed by atoms with van der Waals surface area (Å²) >= 11 is 0. The predicted molar refractivity (Wildman–Crippen MR) is 108 cm³/mol. The molecule has 0 aliphatic carbocycles. The first-order valence-electron chi connectivity index (χ1n) is 8.70. The number of nitriles is 1. The second-order valence-corrected chi connectivity index (χ2v) is 6.51. The Morgan fingerprint density at radius 3 is 2.37 bits per heavy atom. The van der Waals surface area contributed by atoms with Gasteiger partial charge >= 0.3 is 5.69 Å². The Bertz CT molecular complexity index is 1390. The minimum absolute atomic E-state index is 0.105. The molecule has 4 rings (SSSR count). The SMILES string of the molecule is COc1ccc(C2c3c([nH]c(=O)[nH]c3=O)Nc3[nH]c(N)c(C#N)c(=O)c32)cc1OC. The Kier molecular flexibility index (Phi) is 4.31. The fourth-order valence-electron chi connectivity index (χ4n) is 3.63. The summed E-state index contributed by atoms with van der Waals surface area (Å²) in [4.78, 5) is 45.1. The van der Waals surface area contributed by atoms with Gasteiger partial charge in [0.25, 0.3) is 5.56 Å². The number of hydrogen-bond donors (Lipinski definition) is 5. The van der Waals surface area contributed by atoms with Crippen molar-refractivity contribution in [2.45, 2.75) is 5.92 Å². The second-order valence-electron chi connectivity index (χ2n) is 6.51. The Morgan fingerprint density at radius 1 is 1.00 bits per heavy atom. The largest absolute Gasteiger partial charge is 0.493 e. The minimum Gasteiger partial charge on any atom is -0.493 e. The van der Waals surface area contributed by atoms with Gasteiger partial charge in [0.15, 0.2) is 11.5 Å². The maximum Gasteiger partial charge on any atom is 0.327 e. The van der Waals surface area contributed by atoms with Gasteiger partial charge in [0.2, 0.25) is 5.43 Å². The lowest BCUT2D eigenvalue weighted by Crippen LogP contribution is -2.35. The molecule has 1 aromatic carbocycles. The number of anilines is 3. The fraction of sp³-hybridized carbons (Fsp3) is 0.158. The molecule has 11 nitrogen and oxygen atoms in total. The van der Waals surface area contributed by atoms with Crippen LogP contribution in [0.25, 0.3) is 0 Å². The molecule has 1 aliphatic heterocycles. The normalized spacial score (nSPS) is 14.1. The van der Waals surface area contributed by atoms with Crippen LogP contribution in [0.1, 0.15) is 28.2 Å². The third kappa shape index (κ3) is 2.70. The number of methoxy groups -OCH3 is 2. The number of nitrogens with two attached hydrogens (primary N) is 1. The molecule has 3 heterocycles. The third-order valence-corrected chi connectivity index (χ3v) is 4.93. The minimum atomic E-state index is -0.923. The van der Waals surface area contributed by atoms with Crippen LogP contribution in [-0.4, -0.2) is 29.2 Å². The van der Waals surface area contributed by atoms with Gasteiger partial charge in [-0.05, 0) is 17.7 Å². The maximum absolute atomic E-state index is 13.1. The van der Waals surface area contributed by atoms with E-state index < -0.39 is 22.6 Å². The lowest BCUT2D eigenvalue weighted by molar-refractivity contribution is 0.354. The number of rotatable bonds is 3. The average molecular weight is 408 g/mol. The van der Waals surface area contributed by atoms with Gasteiger partial charge in [0.1, 0.15) is 29.1 Å². The second kappa shape index (κ2) is 6.85. The topological polar surface area (TPSA) is 179 Å². The zero-order chi connectivity index (χ0) is 21.6. The van der Waals surface area contributed by atoms with Crippen molar-refractivity contribution in [1.29, 1.82) is 5.26 Å². The number of aromatic amines is 3. The number of pyridine rings is 1. The van der Waals surface area contributed by atoms with E-state index in [1.165, 1.54) is 14.2 Å². The Hall–Kier alpha value is -4.46. The van der Waals surface area contributed by atoms with Gasteiger partial charge in [-0.1, -0.05) is 6.07 Å². The van der Waals surface area contributed by atoms with Crippen LogP contribution in [0.2, 0.25) is 0 Å². The Labute approximate surface area is 168 Å². The Morgan fingerprint density at radius 2 is 1.70 bits per heavy atom. The number of H-pyrrole nitrogens is 3. The van der Waals surface area contributed by atoms with Crippen LogP contribution in [0.3, 0.4) is 0 Å². The lowest BCUT2D eigenvalue weighted by Gasteiger charge is -2.28. The summed E-state index contributed by atoms with van der Waals surface area (Å²) < 4.78 is 10.6. The van der Waals surface area contributed by atoms with Crippen molar-refractivity contribution in [2.75, 3.05) is 25.3 Å². The fourth-order valence-corrected chi connectivity index (χ4v) is 3.63. The third-order valence-electron chi connectivity index (χ3n) is 4.93. The summed E-state index contributed by atoms with van der Waals surface area (Å²) in [5.74, 6) is 0.0594. The molecule has 11 heteroatoms. The zero-order valence-corrected chi connectivity index (χ0v) is 15.9. The van der Waals surface area contributed by atoms with Crippen LogP contribution in [0.15, 0.2) is 32.6 Å². The van der Waals surface area contributed by atoms with Crippen molar-refractivity contribution in [3.8, 4) is 17.6 Å². The van der Waals surface area contributed by atoms with Gasteiger partial charge in [-0.2, -0.15) is 5.26 Å². The van der Waals surface area contributed by atoms with Gasteiger partial charge in [-0.3, -0.25) is 19.6 Å². The highest BCUT2D eigenvalue weighted by Crippen LogP contribution is 2.42. The van der Waals surface area contributed by atoms with Crippen LogP contribution in [0.5, 0.6) is 11.5 Å². The van der Waals surface area contributed by atoms with Crippen molar-refractivity contribution in [3.63, 3.8) is 0 Å². The van der Waals surface area contributed by atoms with Crippen molar-refractivity contribution in [2.24, 2.45) is 0 Å². The van der Waals surface area contributed by atoms with Crippen molar-refractivity contribution in [1.82, 2.24) is 15.0 Å². The van der Waals surface area contributed by atoms with Crippen LogP contribution in [-0.2, 0) is 0 Å². The molecule has 6 N–H and O–H groups in total. The highest BCUT2D eigenvalue weighted by atomic mass is 16.5. The molecule has 0 saturated carbocycles. The van der Waals surface area contributed by atoms with E-state index in [2.05, 4.69) is 20.3 Å². The molecule has 30 heavy (non-hydrogen) atoms. The number of nitrogen functional groups attached to an aromatic ring is 1. The molecule has 0 saturated heterocycles. The van der Waals surface area contributed by atoms with Crippen LogP contribution < -0.4 is 37.2 Å². The molecular weight excluding hydrogens is 392 g/mol. The van der Waals surface area contributed by atoms with Gasteiger partial charge in [0, 0.05) is 0 Å². The van der Waals surface area contributed by atoms with E-state index in [4.69, 9.17) is 15.2 Å². The predicted octanol–water partition coefficient (Wildman–Crippen LogP) is 0.460. The van der Waals surface area contributed by atoms with E-state index in [1.54, 1.807) is 24.3 Å². The van der Waals surface area contributed by atoms with E-state index in [9.17, 15) is 19.6 Å². The van der Waals surface area contributed by atoms with Crippen molar-refractivity contribution in [3.05, 3.63) is 71.5 Å². The van der Waals surface area contributed by atoms with E-state index in [0.29, 0.717) is 17.1 Å². The molecule has 0 amide bonds. The molecule has 1 unspecified atom stereocenters. The molecule has 0 fully saturated rings. The zero-order valence-electron chi connectivity index (χ0n) is 15.9. The number of hydrogen-bond acceptors (Lipinski definition) is 8. The summed E-state index contributed by atoms with van der Waals surface area (Å²) in [6.07, 6.45) is 0. The molecule has 1 aliphatic rings.